The number of nitrogens with one attached hydrogen (secondary N) is 1. The summed E-state index contributed by atoms with van der Waals surface area (Å²) < 4.78 is 0. The van der Waals surface area contributed by atoms with E-state index in [0.717, 1.165) is 37.3 Å². The van der Waals surface area contributed by atoms with Crippen molar-refractivity contribution in [3.63, 3.8) is 0 Å². The molecule has 136 valence electrons. The molecule has 0 bridgehead atoms. The van der Waals surface area contributed by atoms with E-state index >= 15 is 0 Å². The monoisotopic (exact) mass is 354 g/mol. The summed E-state index contributed by atoms with van der Waals surface area (Å²) in [5.74, 6) is 1.46. The van der Waals surface area contributed by atoms with Gasteiger partial charge in [-0.3, -0.25) is 4.79 Å². The highest BCUT2D eigenvalue weighted by atomic mass is 16.3. The van der Waals surface area contributed by atoms with E-state index in [1.165, 1.54) is 6.20 Å². The molecule has 4 rings (SSSR count). The number of pyridine rings is 1. The van der Waals surface area contributed by atoms with Crippen molar-refractivity contribution in [1.29, 1.82) is 0 Å². The first-order valence-electron chi connectivity index (χ1n) is 8.86. The molecule has 8 nitrogen and oxygen atoms in total. The average molecular weight is 354 g/mol. The maximum absolute atomic E-state index is 12.2. The van der Waals surface area contributed by atoms with Crippen molar-refractivity contribution in [2.75, 3.05) is 23.7 Å². The van der Waals surface area contributed by atoms with Gasteiger partial charge in [0.2, 0.25) is 0 Å². The number of anilines is 2. The predicted molar refractivity (Wildman–Crippen MR) is 96.7 cm³/mol. The van der Waals surface area contributed by atoms with Gasteiger partial charge in [-0.15, -0.1) is 0 Å². The van der Waals surface area contributed by atoms with Gasteiger partial charge >= 0.3 is 0 Å². The number of nitrogens with zero attached hydrogens (tertiary/aromatic N) is 4. The minimum atomic E-state index is -0.278. The molecule has 1 aliphatic carbocycles. The third-order valence-corrected chi connectivity index (χ3v) is 5.10. The molecular formula is C18H22N6O2. The molecule has 2 fully saturated rings. The molecule has 0 aromatic carbocycles. The number of aliphatic hydroxyl groups excluding tert-OH is 1. The number of nitrogen functional groups attached to an aromatic ring is 1. The smallest absolute Gasteiger partial charge is 0.253 e. The van der Waals surface area contributed by atoms with Gasteiger partial charge in [-0.1, -0.05) is 0 Å². The Labute approximate surface area is 151 Å². The predicted octanol–water partition coefficient (Wildman–Crippen LogP) is 0.701. The number of rotatable bonds is 4. The molecule has 3 heterocycles. The molecule has 1 amide bonds. The average Bonchev–Trinajstić information content (AvgIpc) is 3.05. The highest BCUT2D eigenvalue weighted by Gasteiger charge is 2.33. The Morgan fingerprint density at radius 3 is 2.81 bits per heavy atom. The van der Waals surface area contributed by atoms with Gasteiger partial charge < -0.3 is 21.1 Å². The van der Waals surface area contributed by atoms with Crippen LogP contribution in [0.3, 0.4) is 0 Å². The number of nitrogens with two attached hydrogens (primary N) is 1. The molecule has 2 aromatic heterocycles. The lowest BCUT2D eigenvalue weighted by atomic mass is 9.78. The van der Waals surface area contributed by atoms with E-state index < -0.39 is 0 Å². The first-order chi connectivity index (χ1) is 12.6. The van der Waals surface area contributed by atoms with Crippen molar-refractivity contribution in [2.24, 2.45) is 0 Å². The van der Waals surface area contributed by atoms with Crippen molar-refractivity contribution in [3.05, 3.63) is 42.0 Å². The maximum atomic E-state index is 12.2. The van der Waals surface area contributed by atoms with Crippen LogP contribution in [0.2, 0.25) is 0 Å². The summed E-state index contributed by atoms with van der Waals surface area (Å²) in [5, 5.41) is 12.7. The molecule has 2 aliphatic rings. The van der Waals surface area contributed by atoms with Crippen LogP contribution in [0.4, 0.5) is 11.6 Å². The molecule has 26 heavy (non-hydrogen) atoms. The van der Waals surface area contributed by atoms with E-state index in [-0.39, 0.29) is 18.1 Å². The van der Waals surface area contributed by atoms with Gasteiger partial charge in [-0.25, -0.2) is 15.0 Å². The number of aliphatic hydroxyl groups is 1. The highest BCUT2D eigenvalue weighted by molar-refractivity contribution is 5.94. The highest BCUT2D eigenvalue weighted by Crippen LogP contribution is 2.37. The normalized spacial score (nSPS) is 25.0. The number of carbonyl (C=O) groups is 1. The number of hydrogen-bond donors (Lipinski definition) is 3. The van der Waals surface area contributed by atoms with E-state index in [1.807, 2.05) is 6.07 Å². The zero-order valence-electron chi connectivity index (χ0n) is 14.4. The molecule has 1 aliphatic heterocycles. The van der Waals surface area contributed by atoms with Crippen LogP contribution in [-0.2, 0) is 0 Å². The Balaban J connectivity index is 1.33. The molecule has 0 spiro atoms. The van der Waals surface area contributed by atoms with Crippen LogP contribution < -0.4 is 16.0 Å². The van der Waals surface area contributed by atoms with Gasteiger partial charge in [0.25, 0.3) is 5.91 Å². The van der Waals surface area contributed by atoms with Gasteiger partial charge in [-0.2, -0.15) is 0 Å². The fourth-order valence-electron chi connectivity index (χ4n) is 3.49. The third kappa shape index (κ3) is 3.45. The second-order valence-corrected chi connectivity index (χ2v) is 7.00. The lowest BCUT2D eigenvalue weighted by Crippen LogP contribution is -2.43. The first kappa shape index (κ1) is 16.7. The van der Waals surface area contributed by atoms with E-state index in [1.54, 1.807) is 18.5 Å². The van der Waals surface area contributed by atoms with E-state index in [4.69, 9.17) is 5.73 Å². The van der Waals surface area contributed by atoms with Gasteiger partial charge in [0.05, 0.1) is 11.7 Å². The molecular weight excluding hydrogens is 332 g/mol. The zero-order chi connectivity index (χ0) is 18.1. The van der Waals surface area contributed by atoms with Crippen LogP contribution in [0.15, 0.2) is 30.7 Å². The van der Waals surface area contributed by atoms with E-state index in [0.29, 0.717) is 23.8 Å². The fourth-order valence-corrected chi connectivity index (χ4v) is 3.49. The molecule has 1 saturated carbocycles. The summed E-state index contributed by atoms with van der Waals surface area (Å²) >= 11 is 0. The Kier molecular flexibility index (Phi) is 4.42. The SMILES string of the molecule is Nc1ccc(C(=O)NC2CC(c3cc(N4CC[C@@H](O)C4)ncn3)C2)cn1. The zero-order valence-corrected chi connectivity index (χ0v) is 14.4. The van der Waals surface area contributed by atoms with E-state index in [9.17, 15) is 9.90 Å². The van der Waals surface area contributed by atoms with Gasteiger partial charge in [0.1, 0.15) is 18.0 Å². The summed E-state index contributed by atoms with van der Waals surface area (Å²) in [4.78, 5) is 27.0. The molecule has 2 aromatic rings. The molecule has 1 saturated heterocycles. The van der Waals surface area contributed by atoms with Gasteiger partial charge in [0, 0.05) is 43.0 Å². The Morgan fingerprint density at radius 1 is 1.27 bits per heavy atom. The second-order valence-electron chi connectivity index (χ2n) is 7.00. The number of amides is 1. The van der Waals surface area contributed by atoms with Crippen LogP contribution in [0.5, 0.6) is 0 Å². The van der Waals surface area contributed by atoms with Crippen LogP contribution in [0.25, 0.3) is 0 Å². The summed E-state index contributed by atoms with van der Waals surface area (Å²) in [5.41, 5.74) is 7.05. The topological polar surface area (TPSA) is 117 Å². The number of aromatic nitrogens is 3. The Morgan fingerprint density at radius 2 is 2.12 bits per heavy atom. The van der Waals surface area contributed by atoms with Crippen LogP contribution >= 0.6 is 0 Å². The van der Waals surface area contributed by atoms with Gasteiger partial charge in [0.15, 0.2) is 0 Å². The van der Waals surface area contributed by atoms with Crippen LogP contribution in [-0.4, -0.2) is 51.2 Å². The quantitative estimate of drug-likeness (QED) is 0.740. The third-order valence-electron chi connectivity index (χ3n) is 5.10. The Hall–Kier alpha value is -2.74. The lowest BCUT2D eigenvalue weighted by Gasteiger charge is -2.35. The minimum absolute atomic E-state index is 0.129. The minimum Gasteiger partial charge on any atom is -0.391 e. The second kappa shape index (κ2) is 6.87. The van der Waals surface area contributed by atoms with Crippen molar-refractivity contribution in [3.8, 4) is 0 Å². The van der Waals surface area contributed by atoms with Crippen molar-refractivity contribution < 1.29 is 9.90 Å². The number of hydrogen-bond acceptors (Lipinski definition) is 7. The molecule has 0 radical (unpaired) electrons. The number of β-amino-alcohol motifs (C(OH)–C–C–N with tert-alkyl or cyclic N) is 1. The Bertz CT molecular complexity index is 791. The first-order valence-corrected chi connectivity index (χ1v) is 8.86. The fraction of sp³-hybridized carbons (Fsp3) is 0.444. The number of carbonyl (C=O) groups excluding carboxylic acids is 1. The summed E-state index contributed by atoms with van der Waals surface area (Å²) in [6, 6.07) is 5.44. The maximum Gasteiger partial charge on any atom is 0.253 e. The molecule has 4 N–H and O–H groups in total. The van der Waals surface area contributed by atoms with Crippen LogP contribution in [0.1, 0.15) is 41.2 Å². The molecule has 0 unspecified atom stereocenters. The van der Waals surface area contributed by atoms with Crippen molar-refractivity contribution in [1.82, 2.24) is 20.3 Å². The van der Waals surface area contributed by atoms with Crippen molar-refractivity contribution in [2.45, 2.75) is 37.3 Å². The largest absolute Gasteiger partial charge is 0.391 e. The van der Waals surface area contributed by atoms with Crippen LogP contribution in [0, 0.1) is 0 Å². The van der Waals surface area contributed by atoms with E-state index in [2.05, 4.69) is 25.2 Å². The summed E-state index contributed by atoms with van der Waals surface area (Å²) in [7, 11) is 0. The molecule has 8 heteroatoms. The summed E-state index contributed by atoms with van der Waals surface area (Å²) in [6.07, 6.45) is 5.28. The summed E-state index contributed by atoms with van der Waals surface area (Å²) in [6.45, 7) is 1.44. The standard InChI is InChI=1S/C18H22N6O2/c19-16-2-1-11(8-20-16)18(26)23-13-5-12(6-13)15-7-17(22-10-21-15)24-4-3-14(25)9-24/h1-2,7-8,10,12-14,25H,3-6,9H2,(H2,19,20)(H,23,26)/t12?,13?,14-/m1/s1. The van der Waals surface area contributed by atoms with Crippen molar-refractivity contribution >= 4 is 17.5 Å². The van der Waals surface area contributed by atoms with Gasteiger partial charge in [-0.05, 0) is 31.4 Å². The lowest BCUT2D eigenvalue weighted by molar-refractivity contribution is 0.0908. The molecule has 1 atom stereocenters.